The average molecular weight is 258 g/mol. The summed E-state index contributed by atoms with van der Waals surface area (Å²) in [7, 11) is 0. The zero-order valence-corrected chi connectivity index (χ0v) is 11.6. The van der Waals surface area contributed by atoms with E-state index in [-0.39, 0.29) is 5.92 Å². The zero-order valence-electron chi connectivity index (χ0n) is 11.6. The summed E-state index contributed by atoms with van der Waals surface area (Å²) in [5, 5.41) is 0. The Bertz CT molecular complexity index is 498. The first kappa shape index (κ1) is 12.5. The van der Waals surface area contributed by atoms with Crippen molar-refractivity contribution in [3.05, 3.63) is 29.3 Å². The molecule has 1 heterocycles. The summed E-state index contributed by atoms with van der Waals surface area (Å²) in [5.74, 6) is 1.13. The number of nitrogens with two attached hydrogens (primary N) is 1. The summed E-state index contributed by atoms with van der Waals surface area (Å²) in [6, 6.07) is 6.07. The molecule has 1 saturated carbocycles. The first-order valence-corrected chi connectivity index (χ1v) is 7.32. The quantitative estimate of drug-likeness (QED) is 0.787. The molecule has 1 amide bonds. The molecule has 2 N–H and O–H groups in total. The fourth-order valence-electron chi connectivity index (χ4n) is 3.54. The highest BCUT2D eigenvalue weighted by Gasteiger charge is 2.34. The molecule has 3 heteroatoms. The van der Waals surface area contributed by atoms with Crippen molar-refractivity contribution >= 4 is 11.6 Å². The molecule has 0 spiro atoms. The second kappa shape index (κ2) is 4.87. The van der Waals surface area contributed by atoms with Gasteiger partial charge in [0.15, 0.2) is 0 Å². The van der Waals surface area contributed by atoms with Crippen LogP contribution in [0.15, 0.2) is 18.2 Å². The normalized spacial score (nSPS) is 26.3. The van der Waals surface area contributed by atoms with Gasteiger partial charge in [-0.15, -0.1) is 0 Å². The fraction of sp³-hybridized carbons (Fsp3) is 0.562. The maximum Gasteiger partial charge on any atom is 0.226 e. The van der Waals surface area contributed by atoms with Crippen molar-refractivity contribution in [3.63, 3.8) is 0 Å². The van der Waals surface area contributed by atoms with Crippen LogP contribution in [0.2, 0.25) is 0 Å². The number of amides is 1. The lowest BCUT2D eigenvalue weighted by molar-refractivity contribution is -0.137. The molecule has 19 heavy (non-hydrogen) atoms. The molecule has 3 nitrogen and oxygen atoms in total. The summed E-state index contributed by atoms with van der Waals surface area (Å²) in [6.45, 7) is 3.75. The number of benzene rings is 1. The van der Waals surface area contributed by atoms with Gasteiger partial charge in [0.05, 0.1) is 0 Å². The van der Waals surface area contributed by atoms with E-state index in [0.717, 1.165) is 30.6 Å². The summed E-state index contributed by atoms with van der Waals surface area (Å²) in [6.07, 6.45) is 4.40. The van der Waals surface area contributed by atoms with Crippen LogP contribution in [0.1, 0.15) is 37.3 Å². The lowest BCUT2D eigenvalue weighted by Gasteiger charge is -2.32. The van der Waals surface area contributed by atoms with Gasteiger partial charge in [0.1, 0.15) is 0 Å². The monoisotopic (exact) mass is 258 g/mol. The third-order valence-corrected chi connectivity index (χ3v) is 4.80. The maximum atomic E-state index is 12.6. The van der Waals surface area contributed by atoms with Gasteiger partial charge in [-0.05, 0) is 42.4 Å². The third-order valence-electron chi connectivity index (χ3n) is 4.80. The van der Waals surface area contributed by atoms with E-state index in [9.17, 15) is 4.79 Å². The van der Waals surface area contributed by atoms with Gasteiger partial charge < -0.3 is 10.6 Å². The number of fused-ring (bicyclic) bond motifs is 1. The van der Waals surface area contributed by atoms with E-state index in [1.807, 2.05) is 17.0 Å². The van der Waals surface area contributed by atoms with Gasteiger partial charge in [0, 0.05) is 24.7 Å². The van der Waals surface area contributed by atoms with Gasteiger partial charge >= 0.3 is 0 Å². The molecule has 0 aromatic heterocycles. The topological polar surface area (TPSA) is 46.3 Å². The predicted molar refractivity (Wildman–Crippen MR) is 76.5 cm³/mol. The van der Waals surface area contributed by atoms with Crippen LogP contribution in [0.5, 0.6) is 0 Å². The second-order valence-electron chi connectivity index (χ2n) is 6.01. The number of anilines is 1. The van der Waals surface area contributed by atoms with Crippen molar-refractivity contribution in [1.82, 2.24) is 4.90 Å². The van der Waals surface area contributed by atoms with Crippen LogP contribution < -0.4 is 5.73 Å². The molecule has 2 unspecified atom stereocenters. The number of nitrogen functional groups attached to an aromatic ring is 1. The first-order chi connectivity index (χ1) is 9.16. The molecule has 2 atom stereocenters. The van der Waals surface area contributed by atoms with Crippen molar-refractivity contribution in [3.8, 4) is 0 Å². The second-order valence-corrected chi connectivity index (χ2v) is 6.01. The van der Waals surface area contributed by atoms with Crippen molar-refractivity contribution in [2.24, 2.45) is 11.8 Å². The minimum atomic E-state index is 0.242. The molecule has 1 fully saturated rings. The highest BCUT2D eigenvalue weighted by atomic mass is 16.2. The molecule has 1 aliphatic heterocycles. The lowest BCUT2D eigenvalue weighted by Crippen LogP contribution is -2.40. The van der Waals surface area contributed by atoms with E-state index in [0.29, 0.717) is 18.4 Å². The Kier molecular flexibility index (Phi) is 3.21. The van der Waals surface area contributed by atoms with Gasteiger partial charge in [-0.25, -0.2) is 0 Å². The molecule has 3 rings (SSSR count). The smallest absolute Gasteiger partial charge is 0.226 e. The number of nitrogens with zero attached hydrogens (tertiary/aromatic N) is 1. The molecule has 102 valence electrons. The average Bonchev–Trinajstić information content (AvgIpc) is 2.84. The zero-order chi connectivity index (χ0) is 13.4. The van der Waals surface area contributed by atoms with Crippen LogP contribution in [0.4, 0.5) is 5.69 Å². The standard InChI is InChI=1S/C16H22N2O/c1-11-4-2-6-13(11)16(19)18-9-8-12-5-3-7-15(17)14(12)10-18/h3,5,7,11,13H,2,4,6,8-10,17H2,1H3. The Hall–Kier alpha value is -1.51. The highest BCUT2D eigenvalue weighted by molar-refractivity contribution is 5.80. The molecule has 0 bridgehead atoms. The largest absolute Gasteiger partial charge is 0.398 e. The Morgan fingerprint density at radius 1 is 1.37 bits per heavy atom. The molecule has 0 radical (unpaired) electrons. The van der Waals surface area contributed by atoms with E-state index in [4.69, 9.17) is 5.73 Å². The van der Waals surface area contributed by atoms with Crippen LogP contribution in [0.25, 0.3) is 0 Å². The number of carbonyl (C=O) groups is 1. The van der Waals surface area contributed by atoms with Gasteiger partial charge in [-0.2, -0.15) is 0 Å². The Morgan fingerprint density at radius 2 is 2.21 bits per heavy atom. The van der Waals surface area contributed by atoms with E-state index < -0.39 is 0 Å². The van der Waals surface area contributed by atoms with Gasteiger partial charge in [0.25, 0.3) is 0 Å². The molecule has 1 aliphatic carbocycles. The fourth-order valence-corrected chi connectivity index (χ4v) is 3.54. The molecular formula is C16H22N2O. The summed E-state index contributed by atoms with van der Waals surface area (Å²) in [5.41, 5.74) is 9.34. The van der Waals surface area contributed by atoms with E-state index in [2.05, 4.69) is 13.0 Å². The van der Waals surface area contributed by atoms with Gasteiger partial charge in [-0.3, -0.25) is 4.79 Å². The van der Waals surface area contributed by atoms with Crippen molar-refractivity contribution in [2.45, 2.75) is 39.2 Å². The van der Waals surface area contributed by atoms with Crippen molar-refractivity contribution in [2.75, 3.05) is 12.3 Å². The van der Waals surface area contributed by atoms with Crippen molar-refractivity contribution in [1.29, 1.82) is 0 Å². The summed E-state index contributed by atoms with van der Waals surface area (Å²) < 4.78 is 0. The number of hydrogen-bond donors (Lipinski definition) is 1. The summed E-state index contributed by atoms with van der Waals surface area (Å²) >= 11 is 0. The maximum absolute atomic E-state index is 12.6. The lowest BCUT2D eigenvalue weighted by atomic mass is 9.93. The Balaban J connectivity index is 1.78. The molecule has 2 aliphatic rings. The number of carbonyl (C=O) groups excluding carboxylic acids is 1. The third kappa shape index (κ3) is 2.22. The summed E-state index contributed by atoms with van der Waals surface area (Å²) in [4.78, 5) is 14.6. The number of rotatable bonds is 1. The van der Waals surface area contributed by atoms with Crippen LogP contribution >= 0.6 is 0 Å². The highest BCUT2D eigenvalue weighted by Crippen LogP contribution is 2.34. The predicted octanol–water partition coefficient (Wildman–Crippen LogP) is 2.59. The Morgan fingerprint density at radius 3 is 2.95 bits per heavy atom. The molecule has 1 aromatic carbocycles. The van der Waals surface area contributed by atoms with Crippen molar-refractivity contribution < 1.29 is 4.79 Å². The van der Waals surface area contributed by atoms with Crippen LogP contribution in [-0.4, -0.2) is 17.4 Å². The van der Waals surface area contributed by atoms with Gasteiger partial charge in [-0.1, -0.05) is 25.5 Å². The molecule has 1 aromatic rings. The van der Waals surface area contributed by atoms with Crippen LogP contribution in [0.3, 0.4) is 0 Å². The number of hydrogen-bond acceptors (Lipinski definition) is 2. The Labute approximate surface area is 114 Å². The molecular weight excluding hydrogens is 236 g/mol. The van der Waals surface area contributed by atoms with Crippen LogP contribution in [-0.2, 0) is 17.8 Å². The van der Waals surface area contributed by atoms with E-state index >= 15 is 0 Å². The van der Waals surface area contributed by atoms with Gasteiger partial charge in [0.2, 0.25) is 5.91 Å². The molecule has 0 saturated heterocycles. The van der Waals surface area contributed by atoms with E-state index in [1.54, 1.807) is 0 Å². The first-order valence-electron chi connectivity index (χ1n) is 7.32. The minimum Gasteiger partial charge on any atom is -0.398 e. The van der Waals surface area contributed by atoms with Crippen LogP contribution in [0, 0.1) is 11.8 Å². The SMILES string of the molecule is CC1CCCC1C(=O)N1CCc2cccc(N)c2C1. The minimum absolute atomic E-state index is 0.242. The van der Waals surface area contributed by atoms with E-state index in [1.165, 1.54) is 18.4 Å².